The highest BCUT2D eigenvalue weighted by Gasteiger charge is 2.14. The van der Waals surface area contributed by atoms with E-state index in [2.05, 4.69) is 17.6 Å². The maximum atomic E-state index is 12.0. The molecular weight excluding hydrogens is 244 g/mol. The lowest BCUT2D eigenvalue weighted by atomic mass is 9.96. The summed E-state index contributed by atoms with van der Waals surface area (Å²) in [6.07, 6.45) is 4.58. The average Bonchev–Trinajstić information content (AvgIpc) is 2.88. The summed E-state index contributed by atoms with van der Waals surface area (Å²) in [4.78, 5) is 12.9. The number of aryl methyl sites for hydroxylation is 1. The van der Waals surface area contributed by atoms with Crippen molar-refractivity contribution in [2.45, 2.75) is 32.6 Å². The SMILES string of the molecule is CCc1ccsc1C(=O)NCCC1CCCNC1. The summed E-state index contributed by atoms with van der Waals surface area (Å²) < 4.78 is 0. The molecule has 3 nitrogen and oxygen atoms in total. The van der Waals surface area contributed by atoms with Gasteiger partial charge in [0.1, 0.15) is 0 Å². The fourth-order valence-corrected chi connectivity index (χ4v) is 3.37. The highest BCUT2D eigenvalue weighted by atomic mass is 32.1. The number of carbonyl (C=O) groups is 1. The van der Waals surface area contributed by atoms with Crippen LogP contribution < -0.4 is 10.6 Å². The molecule has 1 amide bonds. The van der Waals surface area contributed by atoms with Gasteiger partial charge in [0.2, 0.25) is 0 Å². The number of rotatable bonds is 5. The van der Waals surface area contributed by atoms with Crippen LogP contribution in [0, 0.1) is 5.92 Å². The minimum atomic E-state index is 0.102. The molecule has 1 aliphatic rings. The van der Waals surface area contributed by atoms with E-state index >= 15 is 0 Å². The fraction of sp³-hybridized carbons (Fsp3) is 0.643. The number of amides is 1. The number of hydrogen-bond donors (Lipinski definition) is 2. The van der Waals surface area contributed by atoms with Gasteiger partial charge in [-0.1, -0.05) is 6.92 Å². The highest BCUT2D eigenvalue weighted by molar-refractivity contribution is 7.12. The van der Waals surface area contributed by atoms with Crippen LogP contribution in [0.1, 0.15) is 41.4 Å². The van der Waals surface area contributed by atoms with Crippen LogP contribution in [0.5, 0.6) is 0 Å². The van der Waals surface area contributed by atoms with Gasteiger partial charge in [-0.3, -0.25) is 4.79 Å². The third-order valence-electron chi connectivity index (χ3n) is 3.57. The molecule has 18 heavy (non-hydrogen) atoms. The third kappa shape index (κ3) is 3.56. The summed E-state index contributed by atoms with van der Waals surface area (Å²) in [6, 6.07) is 2.05. The molecule has 1 unspecified atom stereocenters. The molecule has 1 atom stereocenters. The fourth-order valence-electron chi connectivity index (χ4n) is 2.45. The average molecular weight is 266 g/mol. The van der Waals surface area contributed by atoms with Crippen molar-refractivity contribution < 1.29 is 4.79 Å². The summed E-state index contributed by atoms with van der Waals surface area (Å²) in [5.41, 5.74) is 1.16. The van der Waals surface area contributed by atoms with Crippen LogP contribution in [0.4, 0.5) is 0 Å². The Morgan fingerprint density at radius 2 is 2.50 bits per heavy atom. The molecule has 0 spiro atoms. The van der Waals surface area contributed by atoms with Gasteiger partial charge in [0, 0.05) is 6.54 Å². The third-order valence-corrected chi connectivity index (χ3v) is 4.53. The molecule has 1 saturated heterocycles. The molecule has 0 radical (unpaired) electrons. The van der Waals surface area contributed by atoms with Gasteiger partial charge in [-0.15, -0.1) is 11.3 Å². The lowest BCUT2D eigenvalue weighted by molar-refractivity contribution is 0.0954. The molecule has 2 heterocycles. The van der Waals surface area contributed by atoms with Crippen molar-refractivity contribution in [1.29, 1.82) is 0 Å². The van der Waals surface area contributed by atoms with E-state index < -0.39 is 0 Å². The zero-order valence-electron chi connectivity index (χ0n) is 11.0. The van der Waals surface area contributed by atoms with Gasteiger partial charge in [0.25, 0.3) is 5.91 Å². The van der Waals surface area contributed by atoms with Gasteiger partial charge >= 0.3 is 0 Å². The van der Waals surface area contributed by atoms with Gasteiger partial charge in [0.15, 0.2) is 0 Å². The Hall–Kier alpha value is -0.870. The molecule has 0 saturated carbocycles. The van der Waals surface area contributed by atoms with Crippen molar-refractivity contribution >= 4 is 17.2 Å². The first-order chi connectivity index (χ1) is 8.81. The Bertz CT molecular complexity index is 383. The summed E-state index contributed by atoms with van der Waals surface area (Å²) in [5.74, 6) is 0.832. The number of thiophene rings is 1. The Morgan fingerprint density at radius 3 is 3.22 bits per heavy atom. The van der Waals surface area contributed by atoms with Crippen molar-refractivity contribution in [3.63, 3.8) is 0 Å². The van der Waals surface area contributed by atoms with Crippen LogP contribution >= 0.6 is 11.3 Å². The standard InChI is InChI=1S/C14H22N2OS/c1-2-12-6-9-18-13(12)14(17)16-8-5-11-4-3-7-15-10-11/h6,9,11,15H,2-5,7-8,10H2,1H3,(H,16,17). The van der Waals surface area contributed by atoms with Crippen LogP contribution in [-0.4, -0.2) is 25.5 Å². The van der Waals surface area contributed by atoms with Crippen LogP contribution in [0.3, 0.4) is 0 Å². The monoisotopic (exact) mass is 266 g/mol. The molecular formula is C14H22N2OS. The molecule has 0 bridgehead atoms. The zero-order chi connectivity index (χ0) is 12.8. The maximum Gasteiger partial charge on any atom is 0.261 e. The van der Waals surface area contributed by atoms with Gasteiger partial charge in [-0.25, -0.2) is 0 Å². The Kier molecular flexibility index (Phi) is 5.20. The Balaban J connectivity index is 1.74. The molecule has 0 aliphatic carbocycles. The largest absolute Gasteiger partial charge is 0.351 e. The summed E-state index contributed by atoms with van der Waals surface area (Å²) in [7, 11) is 0. The minimum Gasteiger partial charge on any atom is -0.351 e. The number of nitrogens with one attached hydrogen (secondary N) is 2. The van der Waals surface area contributed by atoms with Crippen LogP contribution in [0.25, 0.3) is 0 Å². The van der Waals surface area contributed by atoms with Crippen LogP contribution in [-0.2, 0) is 6.42 Å². The quantitative estimate of drug-likeness (QED) is 0.859. The smallest absolute Gasteiger partial charge is 0.261 e. The van der Waals surface area contributed by atoms with Crippen molar-refractivity contribution in [1.82, 2.24) is 10.6 Å². The second-order valence-corrected chi connectivity index (χ2v) is 5.80. The Labute approximate surface area is 113 Å². The number of carbonyl (C=O) groups excluding carboxylic acids is 1. The number of piperidine rings is 1. The molecule has 1 aromatic rings. The van der Waals surface area contributed by atoms with E-state index in [0.717, 1.165) is 48.8 Å². The first-order valence-corrected chi connectivity index (χ1v) is 7.74. The van der Waals surface area contributed by atoms with E-state index in [0.29, 0.717) is 0 Å². The molecule has 100 valence electrons. The van der Waals surface area contributed by atoms with Gasteiger partial charge < -0.3 is 10.6 Å². The maximum absolute atomic E-state index is 12.0. The van der Waals surface area contributed by atoms with E-state index in [4.69, 9.17) is 0 Å². The molecule has 2 rings (SSSR count). The summed E-state index contributed by atoms with van der Waals surface area (Å²) in [5, 5.41) is 8.46. The second-order valence-electron chi connectivity index (χ2n) is 4.89. The van der Waals surface area contributed by atoms with E-state index in [1.165, 1.54) is 12.8 Å². The topological polar surface area (TPSA) is 41.1 Å². The van der Waals surface area contributed by atoms with Crippen LogP contribution in [0.2, 0.25) is 0 Å². The molecule has 1 aromatic heterocycles. The van der Waals surface area contributed by atoms with Crippen molar-refractivity contribution in [2.24, 2.45) is 5.92 Å². The predicted molar refractivity (Wildman–Crippen MR) is 76.2 cm³/mol. The predicted octanol–water partition coefficient (Wildman–Crippen LogP) is 2.43. The molecule has 2 N–H and O–H groups in total. The minimum absolute atomic E-state index is 0.102. The van der Waals surface area contributed by atoms with Crippen molar-refractivity contribution in [3.05, 3.63) is 21.9 Å². The molecule has 1 aliphatic heterocycles. The second kappa shape index (κ2) is 6.90. The van der Waals surface area contributed by atoms with E-state index in [-0.39, 0.29) is 5.91 Å². The van der Waals surface area contributed by atoms with E-state index in [9.17, 15) is 4.79 Å². The lowest BCUT2D eigenvalue weighted by Crippen LogP contribution is -2.33. The first-order valence-electron chi connectivity index (χ1n) is 6.86. The number of hydrogen-bond acceptors (Lipinski definition) is 3. The highest BCUT2D eigenvalue weighted by Crippen LogP contribution is 2.17. The summed E-state index contributed by atoms with van der Waals surface area (Å²) in [6.45, 7) is 5.14. The van der Waals surface area contributed by atoms with Gasteiger partial charge in [-0.2, -0.15) is 0 Å². The van der Waals surface area contributed by atoms with Crippen molar-refractivity contribution in [3.8, 4) is 0 Å². The molecule has 4 heteroatoms. The normalized spacial score (nSPS) is 19.7. The van der Waals surface area contributed by atoms with E-state index in [1.807, 2.05) is 11.4 Å². The van der Waals surface area contributed by atoms with E-state index in [1.54, 1.807) is 11.3 Å². The summed E-state index contributed by atoms with van der Waals surface area (Å²) >= 11 is 1.54. The molecule has 0 aromatic carbocycles. The van der Waals surface area contributed by atoms with Gasteiger partial charge in [0.05, 0.1) is 4.88 Å². The zero-order valence-corrected chi connectivity index (χ0v) is 11.8. The lowest BCUT2D eigenvalue weighted by Gasteiger charge is -2.22. The van der Waals surface area contributed by atoms with Crippen molar-refractivity contribution in [2.75, 3.05) is 19.6 Å². The first kappa shape index (κ1) is 13.6. The molecule has 1 fully saturated rings. The van der Waals surface area contributed by atoms with Crippen LogP contribution in [0.15, 0.2) is 11.4 Å². The van der Waals surface area contributed by atoms with Gasteiger partial charge in [-0.05, 0) is 61.7 Å². The Morgan fingerprint density at radius 1 is 1.61 bits per heavy atom.